The molecule has 1 atom stereocenters. The molecular formula is C14H19NO2. The molecule has 0 aromatic heterocycles. The predicted molar refractivity (Wildman–Crippen MR) is 68.1 cm³/mol. The van der Waals surface area contributed by atoms with Crippen LogP contribution in [0.2, 0.25) is 0 Å². The third kappa shape index (κ3) is 2.86. The van der Waals surface area contributed by atoms with Crippen molar-refractivity contribution in [3.63, 3.8) is 0 Å². The van der Waals surface area contributed by atoms with Crippen LogP contribution >= 0.6 is 0 Å². The molecule has 1 aromatic rings. The van der Waals surface area contributed by atoms with Gasteiger partial charge in [0.25, 0.3) is 5.91 Å². The molecule has 1 unspecified atom stereocenters. The number of anilines is 1. The van der Waals surface area contributed by atoms with Crippen LogP contribution in [-0.2, 0) is 9.53 Å². The van der Waals surface area contributed by atoms with Gasteiger partial charge >= 0.3 is 0 Å². The molecule has 0 bridgehead atoms. The third-order valence-electron chi connectivity index (χ3n) is 3.33. The van der Waals surface area contributed by atoms with E-state index >= 15 is 0 Å². The van der Waals surface area contributed by atoms with Gasteiger partial charge in [-0.2, -0.15) is 0 Å². The highest BCUT2D eigenvalue weighted by Crippen LogP contribution is 2.20. The molecule has 1 N–H and O–H groups in total. The maximum atomic E-state index is 12.0. The van der Waals surface area contributed by atoms with Gasteiger partial charge in [0.05, 0.1) is 0 Å². The SMILES string of the molecule is Cc1cccc(NC(=O)C2CCCCO2)c1C. The molecule has 0 aliphatic carbocycles. The maximum absolute atomic E-state index is 12.0. The summed E-state index contributed by atoms with van der Waals surface area (Å²) in [6.45, 7) is 4.76. The maximum Gasteiger partial charge on any atom is 0.253 e. The van der Waals surface area contributed by atoms with Gasteiger partial charge in [-0.15, -0.1) is 0 Å². The molecule has 1 aromatic carbocycles. The van der Waals surface area contributed by atoms with E-state index in [1.54, 1.807) is 0 Å². The lowest BCUT2D eigenvalue weighted by atomic mass is 10.1. The number of rotatable bonds is 2. The van der Waals surface area contributed by atoms with E-state index in [1.165, 1.54) is 5.56 Å². The molecule has 92 valence electrons. The number of carbonyl (C=O) groups excluding carboxylic acids is 1. The number of ether oxygens (including phenoxy) is 1. The van der Waals surface area contributed by atoms with Gasteiger partial charge in [-0.3, -0.25) is 4.79 Å². The third-order valence-corrected chi connectivity index (χ3v) is 3.33. The number of carbonyl (C=O) groups is 1. The fourth-order valence-corrected chi connectivity index (χ4v) is 2.05. The van der Waals surface area contributed by atoms with Gasteiger partial charge in [-0.05, 0) is 50.3 Å². The minimum Gasteiger partial charge on any atom is -0.368 e. The average Bonchev–Trinajstić information content (AvgIpc) is 2.36. The van der Waals surface area contributed by atoms with Crippen LogP contribution in [0.1, 0.15) is 30.4 Å². The molecule has 1 aliphatic heterocycles. The molecule has 0 spiro atoms. The Morgan fingerprint density at radius 3 is 2.88 bits per heavy atom. The lowest BCUT2D eigenvalue weighted by Crippen LogP contribution is -2.33. The Labute approximate surface area is 102 Å². The van der Waals surface area contributed by atoms with Crippen molar-refractivity contribution in [1.29, 1.82) is 0 Å². The standard InChI is InChI=1S/C14H19NO2/c1-10-6-5-7-12(11(10)2)15-14(16)13-8-3-4-9-17-13/h5-7,13H,3-4,8-9H2,1-2H3,(H,15,16). The largest absolute Gasteiger partial charge is 0.368 e. The first-order valence-corrected chi connectivity index (χ1v) is 6.17. The Bertz CT molecular complexity index is 409. The first kappa shape index (κ1) is 12.1. The number of amides is 1. The summed E-state index contributed by atoms with van der Waals surface area (Å²) in [6, 6.07) is 5.94. The zero-order chi connectivity index (χ0) is 12.3. The predicted octanol–water partition coefficient (Wildman–Crippen LogP) is 2.81. The summed E-state index contributed by atoms with van der Waals surface area (Å²) in [5.41, 5.74) is 3.20. The molecule has 1 heterocycles. The monoisotopic (exact) mass is 233 g/mol. The average molecular weight is 233 g/mol. The normalized spacial score (nSPS) is 20.0. The number of nitrogens with one attached hydrogen (secondary N) is 1. The van der Waals surface area contributed by atoms with Gasteiger partial charge in [0.15, 0.2) is 0 Å². The zero-order valence-electron chi connectivity index (χ0n) is 10.5. The number of hydrogen-bond donors (Lipinski definition) is 1. The molecule has 0 saturated carbocycles. The van der Waals surface area contributed by atoms with Crippen LogP contribution in [-0.4, -0.2) is 18.6 Å². The van der Waals surface area contributed by atoms with E-state index in [0.29, 0.717) is 6.61 Å². The van der Waals surface area contributed by atoms with E-state index in [1.807, 2.05) is 32.0 Å². The van der Waals surface area contributed by atoms with Gasteiger partial charge in [0.2, 0.25) is 0 Å². The Balaban J connectivity index is 2.04. The van der Waals surface area contributed by atoms with E-state index < -0.39 is 0 Å². The summed E-state index contributed by atoms with van der Waals surface area (Å²) in [6.07, 6.45) is 2.69. The van der Waals surface area contributed by atoms with E-state index in [2.05, 4.69) is 5.32 Å². The summed E-state index contributed by atoms with van der Waals surface area (Å²) in [4.78, 5) is 12.0. The zero-order valence-corrected chi connectivity index (χ0v) is 10.5. The lowest BCUT2D eigenvalue weighted by Gasteiger charge is -2.22. The molecule has 0 radical (unpaired) electrons. The van der Waals surface area contributed by atoms with Gasteiger partial charge in [0.1, 0.15) is 6.10 Å². The minimum absolute atomic E-state index is 0.0154. The van der Waals surface area contributed by atoms with Gasteiger partial charge in [0, 0.05) is 12.3 Å². The van der Waals surface area contributed by atoms with Gasteiger partial charge in [-0.1, -0.05) is 12.1 Å². The molecule has 1 amide bonds. The van der Waals surface area contributed by atoms with Crippen molar-refractivity contribution in [2.45, 2.75) is 39.2 Å². The van der Waals surface area contributed by atoms with E-state index in [9.17, 15) is 4.79 Å². The molecule has 17 heavy (non-hydrogen) atoms. The van der Waals surface area contributed by atoms with Crippen molar-refractivity contribution in [3.8, 4) is 0 Å². The highest BCUT2D eigenvalue weighted by molar-refractivity contribution is 5.95. The minimum atomic E-state index is -0.274. The van der Waals surface area contributed by atoms with Crippen molar-refractivity contribution >= 4 is 11.6 Å². The van der Waals surface area contributed by atoms with Crippen LogP contribution in [0.5, 0.6) is 0 Å². The summed E-state index contributed by atoms with van der Waals surface area (Å²) in [7, 11) is 0. The van der Waals surface area contributed by atoms with Crippen LogP contribution in [0.25, 0.3) is 0 Å². The Kier molecular flexibility index (Phi) is 3.79. The topological polar surface area (TPSA) is 38.3 Å². The van der Waals surface area contributed by atoms with Gasteiger partial charge in [-0.25, -0.2) is 0 Å². The number of benzene rings is 1. The van der Waals surface area contributed by atoms with Crippen LogP contribution in [0, 0.1) is 13.8 Å². The van der Waals surface area contributed by atoms with Crippen molar-refractivity contribution < 1.29 is 9.53 Å². The number of hydrogen-bond acceptors (Lipinski definition) is 2. The lowest BCUT2D eigenvalue weighted by molar-refractivity contribution is -0.129. The second-order valence-corrected chi connectivity index (χ2v) is 4.59. The molecule has 1 fully saturated rings. The molecule has 2 rings (SSSR count). The molecular weight excluding hydrogens is 214 g/mol. The van der Waals surface area contributed by atoms with Crippen LogP contribution in [0.4, 0.5) is 5.69 Å². The first-order chi connectivity index (χ1) is 8.18. The summed E-state index contributed by atoms with van der Waals surface area (Å²) < 4.78 is 5.47. The number of aryl methyl sites for hydroxylation is 1. The molecule has 3 nitrogen and oxygen atoms in total. The summed E-state index contributed by atoms with van der Waals surface area (Å²) in [5, 5.41) is 2.96. The van der Waals surface area contributed by atoms with E-state index in [4.69, 9.17) is 4.74 Å². The Hall–Kier alpha value is -1.35. The summed E-state index contributed by atoms with van der Waals surface area (Å²) >= 11 is 0. The van der Waals surface area contributed by atoms with Crippen molar-refractivity contribution in [3.05, 3.63) is 29.3 Å². The van der Waals surface area contributed by atoms with Crippen molar-refractivity contribution in [2.75, 3.05) is 11.9 Å². The fourth-order valence-electron chi connectivity index (χ4n) is 2.05. The quantitative estimate of drug-likeness (QED) is 0.853. The summed E-state index contributed by atoms with van der Waals surface area (Å²) in [5.74, 6) is -0.0154. The Morgan fingerprint density at radius 2 is 2.18 bits per heavy atom. The van der Waals surface area contributed by atoms with Crippen LogP contribution in [0.15, 0.2) is 18.2 Å². The van der Waals surface area contributed by atoms with E-state index in [-0.39, 0.29) is 12.0 Å². The van der Waals surface area contributed by atoms with Crippen molar-refractivity contribution in [1.82, 2.24) is 0 Å². The fraction of sp³-hybridized carbons (Fsp3) is 0.500. The van der Waals surface area contributed by atoms with Crippen molar-refractivity contribution in [2.24, 2.45) is 0 Å². The highest BCUT2D eigenvalue weighted by atomic mass is 16.5. The molecule has 1 saturated heterocycles. The molecule has 1 aliphatic rings. The molecule has 3 heteroatoms. The Morgan fingerprint density at radius 1 is 1.35 bits per heavy atom. The van der Waals surface area contributed by atoms with Crippen LogP contribution < -0.4 is 5.32 Å². The van der Waals surface area contributed by atoms with Gasteiger partial charge < -0.3 is 10.1 Å². The van der Waals surface area contributed by atoms with E-state index in [0.717, 1.165) is 30.5 Å². The highest BCUT2D eigenvalue weighted by Gasteiger charge is 2.22. The second-order valence-electron chi connectivity index (χ2n) is 4.59. The first-order valence-electron chi connectivity index (χ1n) is 6.17. The van der Waals surface area contributed by atoms with Crippen LogP contribution in [0.3, 0.4) is 0 Å². The second kappa shape index (κ2) is 5.32. The smallest absolute Gasteiger partial charge is 0.253 e.